The lowest BCUT2D eigenvalue weighted by molar-refractivity contribution is 0.0762. The molecule has 0 radical (unpaired) electrons. The predicted octanol–water partition coefficient (Wildman–Crippen LogP) is 4.27. The smallest absolute Gasteiger partial charge is 0.264 e. The third-order valence-electron chi connectivity index (χ3n) is 5.37. The molecule has 6 heteroatoms. The van der Waals surface area contributed by atoms with Gasteiger partial charge in [-0.25, -0.2) is 8.42 Å². The number of hydrogen-bond donors (Lipinski definition) is 0. The number of para-hydroxylation sites is 1. The molecule has 1 heterocycles. The second kappa shape index (κ2) is 8.78. The molecular formula is C25H24N2O3S. The van der Waals surface area contributed by atoms with Crippen molar-refractivity contribution in [3.05, 3.63) is 108 Å². The number of hydrogen-bond acceptors (Lipinski definition) is 3. The molecule has 1 amide bonds. The van der Waals surface area contributed by atoms with Gasteiger partial charge in [-0.05, 0) is 41.8 Å². The van der Waals surface area contributed by atoms with Gasteiger partial charge in [0.15, 0.2) is 0 Å². The molecule has 5 nitrogen and oxygen atoms in total. The Labute approximate surface area is 183 Å². The fourth-order valence-corrected chi connectivity index (χ4v) is 5.39. The van der Waals surface area contributed by atoms with Crippen LogP contribution in [0, 0.1) is 0 Å². The molecule has 4 rings (SSSR count). The summed E-state index contributed by atoms with van der Waals surface area (Å²) in [6, 6.07) is 23.5. The molecule has 31 heavy (non-hydrogen) atoms. The summed E-state index contributed by atoms with van der Waals surface area (Å²) in [7, 11) is -3.76. The predicted molar refractivity (Wildman–Crippen MR) is 122 cm³/mol. The van der Waals surface area contributed by atoms with Gasteiger partial charge in [-0.2, -0.15) is 0 Å². The molecule has 0 spiro atoms. The molecule has 0 unspecified atom stereocenters. The van der Waals surface area contributed by atoms with Crippen LogP contribution in [0.5, 0.6) is 0 Å². The SMILES string of the molecule is C=CCN(Cc1ccccc1)C(=O)c1cccc(S(=O)(=O)N2CCc3ccccc32)c1. The van der Waals surface area contributed by atoms with Gasteiger partial charge in [0.05, 0.1) is 10.6 Å². The highest BCUT2D eigenvalue weighted by molar-refractivity contribution is 7.92. The van der Waals surface area contributed by atoms with E-state index in [4.69, 9.17) is 0 Å². The van der Waals surface area contributed by atoms with E-state index < -0.39 is 10.0 Å². The van der Waals surface area contributed by atoms with Gasteiger partial charge in [0, 0.05) is 25.2 Å². The van der Waals surface area contributed by atoms with E-state index in [0.29, 0.717) is 37.3 Å². The largest absolute Gasteiger partial charge is 0.331 e. The zero-order valence-electron chi connectivity index (χ0n) is 17.1. The number of amides is 1. The normalized spacial score (nSPS) is 13.0. The molecule has 1 aliphatic heterocycles. The van der Waals surface area contributed by atoms with Gasteiger partial charge in [0.1, 0.15) is 0 Å². The first-order valence-electron chi connectivity index (χ1n) is 10.2. The van der Waals surface area contributed by atoms with Crippen LogP contribution in [0.1, 0.15) is 21.5 Å². The van der Waals surface area contributed by atoms with E-state index in [1.165, 1.54) is 10.4 Å². The van der Waals surface area contributed by atoms with Gasteiger partial charge in [-0.1, -0.05) is 60.7 Å². The maximum Gasteiger partial charge on any atom is 0.264 e. The van der Waals surface area contributed by atoms with Crippen molar-refractivity contribution in [2.45, 2.75) is 17.9 Å². The van der Waals surface area contributed by atoms with Crippen LogP contribution >= 0.6 is 0 Å². The number of nitrogens with zero attached hydrogens (tertiary/aromatic N) is 2. The quantitative estimate of drug-likeness (QED) is 0.524. The fourth-order valence-electron chi connectivity index (χ4n) is 3.84. The first kappa shape index (κ1) is 20.9. The molecule has 1 aliphatic rings. The molecule has 0 atom stereocenters. The Balaban J connectivity index is 1.63. The van der Waals surface area contributed by atoms with Crippen molar-refractivity contribution in [1.82, 2.24) is 4.90 Å². The van der Waals surface area contributed by atoms with Crippen LogP contribution in [0.2, 0.25) is 0 Å². The molecule has 158 valence electrons. The van der Waals surface area contributed by atoms with Gasteiger partial charge in [-0.3, -0.25) is 9.10 Å². The Morgan fingerprint density at radius 3 is 2.52 bits per heavy atom. The number of sulfonamides is 1. The second-order valence-electron chi connectivity index (χ2n) is 7.44. The summed E-state index contributed by atoms with van der Waals surface area (Å²) in [5.74, 6) is -0.234. The van der Waals surface area contributed by atoms with Gasteiger partial charge < -0.3 is 4.90 Å². The van der Waals surface area contributed by atoms with Gasteiger partial charge in [-0.15, -0.1) is 6.58 Å². The molecule has 0 saturated carbocycles. The second-order valence-corrected chi connectivity index (χ2v) is 9.31. The summed E-state index contributed by atoms with van der Waals surface area (Å²) < 4.78 is 28.1. The average Bonchev–Trinajstić information content (AvgIpc) is 3.24. The Bertz CT molecular complexity index is 1210. The Morgan fingerprint density at radius 2 is 1.74 bits per heavy atom. The third-order valence-corrected chi connectivity index (χ3v) is 7.18. The van der Waals surface area contributed by atoms with Crippen LogP contribution in [0.4, 0.5) is 5.69 Å². The van der Waals surface area contributed by atoms with E-state index in [1.54, 1.807) is 29.2 Å². The first-order chi connectivity index (χ1) is 15.0. The molecule has 0 N–H and O–H groups in total. The Kier molecular flexibility index (Phi) is 5.91. The molecule has 0 aliphatic carbocycles. The summed E-state index contributed by atoms with van der Waals surface area (Å²) in [5, 5.41) is 0. The van der Waals surface area contributed by atoms with Crippen molar-refractivity contribution in [3.8, 4) is 0 Å². The van der Waals surface area contributed by atoms with Crippen molar-refractivity contribution >= 4 is 21.6 Å². The zero-order chi connectivity index (χ0) is 21.8. The maximum atomic E-state index is 13.3. The van der Waals surface area contributed by atoms with Crippen molar-refractivity contribution in [2.75, 3.05) is 17.4 Å². The Hall–Kier alpha value is -3.38. The summed E-state index contributed by atoms with van der Waals surface area (Å²) in [5.41, 5.74) is 3.05. The zero-order valence-corrected chi connectivity index (χ0v) is 18.0. The first-order valence-corrected chi connectivity index (χ1v) is 11.6. The topological polar surface area (TPSA) is 57.7 Å². The molecule has 0 bridgehead atoms. The summed E-state index contributed by atoms with van der Waals surface area (Å²) in [4.78, 5) is 15.0. The van der Waals surface area contributed by atoms with Crippen LogP contribution in [0.3, 0.4) is 0 Å². The summed E-state index contributed by atoms with van der Waals surface area (Å²) in [6.45, 7) is 4.94. The lowest BCUT2D eigenvalue weighted by Crippen LogP contribution is -2.32. The van der Waals surface area contributed by atoms with Crippen molar-refractivity contribution in [1.29, 1.82) is 0 Å². The minimum atomic E-state index is -3.76. The lowest BCUT2D eigenvalue weighted by atomic mass is 10.1. The molecule has 0 saturated heterocycles. The number of fused-ring (bicyclic) bond motifs is 1. The van der Waals surface area contributed by atoms with Crippen molar-refractivity contribution in [3.63, 3.8) is 0 Å². The van der Waals surface area contributed by atoms with E-state index >= 15 is 0 Å². The van der Waals surface area contributed by atoms with Gasteiger partial charge in [0.25, 0.3) is 15.9 Å². The number of anilines is 1. The maximum absolute atomic E-state index is 13.3. The lowest BCUT2D eigenvalue weighted by Gasteiger charge is -2.23. The fraction of sp³-hybridized carbons (Fsp3) is 0.160. The standard InChI is InChI=1S/C25H24N2O3S/c1-2-16-26(19-20-9-4-3-5-10-20)25(28)22-12-8-13-23(18-22)31(29,30)27-17-15-21-11-6-7-14-24(21)27/h2-14,18H,1,15-17,19H2. The van der Waals surface area contributed by atoms with Gasteiger partial charge in [0.2, 0.25) is 0 Å². The van der Waals surface area contributed by atoms with Crippen LogP contribution in [-0.2, 0) is 23.0 Å². The molecule has 0 fully saturated rings. The van der Waals surface area contributed by atoms with Crippen LogP contribution in [0.15, 0.2) is 96.4 Å². The third kappa shape index (κ3) is 4.25. The number of benzene rings is 3. The number of carbonyl (C=O) groups is 1. The van der Waals surface area contributed by atoms with E-state index in [0.717, 1.165) is 11.1 Å². The molecular weight excluding hydrogens is 408 g/mol. The Morgan fingerprint density at radius 1 is 1.00 bits per heavy atom. The molecule has 3 aromatic carbocycles. The highest BCUT2D eigenvalue weighted by Gasteiger charge is 2.31. The highest BCUT2D eigenvalue weighted by Crippen LogP contribution is 2.32. The van der Waals surface area contributed by atoms with E-state index in [2.05, 4.69) is 6.58 Å². The van der Waals surface area contributed by atoms with E-state index in [1.807, 2.05) is 54.6 Å². The molecule has 0 aromatic heterocycles. The van der Waals surface area contributed by atoms with Crippen LogP contribution in [-0.4, -0.2) is 32.3 Å². The van der Waals surface area contributed by atoms with E-state index in [-0.39, 0.29) is 10.8 Å². The number of carbonyl (C=O) groups excluding carboxylic acids is 1. The van der Waals surface area contributed by atoms with E-state index in [9.17, 15) is 13.2 Å². The van der Waals surface area contributed by atoms with Crippen LogP contribution < -0.4 is 4.31 Å². The molecule has 3 aromatic rings. The monoisotopic (exact) mass is 432 g/mol. The summed E-state index contributed by atoms with van der Waals surface area (Å²) in [6.07, 6.45) is 2.35. The van der Waals surface area contributed by atoms with Crippen LogP contribution in [0.25, 0.3) is 0 Å². The highest BCUT2D eigenvalue weighted by atomic mass is 32.2. The van der Waals surface area contributed by atoms with Crippen molar-refractivity contribution < 1.29 is 13.2 Å². The van der Waals surface area contributed by atoms with Crippen molar-refractivity contribution in [2.24, 2.45) is 0 Å². The number of rotatable bonds is 7. The average molecular weight is 433 g/mol. The minimum Gasteiger partial charge on any atom is -0.331 e. The summed E-state index contributed by atoms with van der Waals surface area (Å²) >= 11 is 0. The minimum absolute atomic E-state index is 0.119. The van der Waals surface area contributed by atoms with Gasteiger partial charge >= 0.3 is 0 Å².